The van der Waals surface area contributed by atoms with E-state index < -0.39 is 0 Å². The molecule has 14 heavy (non-hydrogen) atoms. The Hall–Kier alpha value is -1.58. The van der Waals surface area contributed by atoms with Gasteiger partial charge >= 0.3 is 0 Å². The van der Waals surface area contributed by atoms with Gasteiger partial charge in [-0.15, -0.1) is 0 Å². The van der Waals surface area contributed by atoms with Gasteiger partial charge in [0.05, 0.1) is 6.04 Å². The van der Waals surface area contributed by atoms with E-state index in [1.54, 1.807) is 6.20 Å². The number of carbonyl (C=O) groups excluding carboxylic acids is 1. The number of rotatable bonds is 2. The Morgan fingerprint density at radius 2 is 2.64 bits per heavy atom. The van der Waals surface area contributed by atoms with E-state index in [9.17, 15) is 4.79 Å². The van der Waals surface area contributed by atoms with Gasteiger partial charge < -0.3 is 10.1 Å². The highest BCUT2D eigenvalue weighted by molar-refractivity contribution is 5.76. The van der Waals surface area contributed by atoms with Crippen molar-refractivity contribution in [1.29, 1.82) is 0 Å². The summed E-state index contributed by atoms with van der Waals surface area (Å²) in [5.74, 6) is 0.671. The van der Waals surface area contributed by atoms with Gasteiger partial charge in [-0.3, -0.25) is 4.79 Å². The molecule has 1 atom stereocenters. The number of pyridine rings is 1. The van der Waals surface area contributed by atoms with Gasteiger partial charge in [-0.2, -0.15) is 0 Å². The lowest BCUT2D eigenvalue weighted by Gasteiger charge is -2.09. The van der Waals surface area contributed by atoms with Crippen molar-refractivity contribution in [2.45, 2.75) is 19.4 Å². The van der Waals surface area contributed by atoms with Crippen molar-refractivity contribution in [2.75, 3.05) is 6.61 Å². The highest BCUT2D eigenvalue weighted by Crippen LogP contribution is 2.29. The fraction of sp³-hybridized carbons (Fsp3) is 0.400. The third kappa shape index (κ3) is 1.55. The molecule has 2 heterocycles. The maximum atomic E-state index is 11.2. The van der Waals surface area contributed by atoms with Crippen molar-refractivity contribution < 1.29 is 9.53 Å². The van der Waals surface area contributed by atoms with Crippen molar-refractivity contribution >= 4 is 5.91 Å². The molecule has 0 fully saturated rings. The summed E-state index contributed by atoms with van der Waals surface area (Å²) in [6.07, 6.45) is 2.18. The standard InChI is InChI=1S/C10H12N2O2/c1-2-9(13)12-8-6-14-10-7(8)4-3-5-11-10/h3-5,8H,2,6H2,1H3,(H,12,13). The van der Waals surface area contributed by atoms with Crippen LogP contribution in [0, 0.1) is 0 Å². The van der Waals surface area contributed by atoms with Crippen LogP contribution in [0.2, 0.25) is 0 Å². The molecule has 0 radical (unpaired) electrons. The van der Waals surface area contributed by atoms with Crippen LogP contribution in [-0.2, 0) is 4.79 Å². The van der Waals surface area contributed by atoms with Gasteiger partial charge in [0.1, 0.15) is 6.61 Å². The molecule has 1 aromatic rings. The number of fused-ring (bicyclic) bond motifs is 1. The zero-order valence-corrected chi connectivity index (χ0v) is 7.99. The molecule has 1 unspecified atom stereocenters. The second-order valence-corrected chi connectivity index (χ2v) is 3.18. The number of hydrogen-bond donors (Lipinski definition) is 1. The Kier molecular flexibility index (Phi) is 2.35. The SMILES string of the molecule is CCC(=O)NC1COc2ncccc21. The summed E-state index contributed by atoms with van der Waals surface area (Å²) in [7, 11) is 0. The molecular weight excluding hydrogens is 180 g/mol. The van der Waals surface area contributed by atoms with Crippen molar-refractivity contribution in [2.24, 2.45) is 0 Å². The van der Waals surface area contributed by atoms with Crippen LogP contribution in [0.3, 0.4) is 0 Å². The van der Waals surface area contributed by atoms with Gasteiger partial charge in [0.15, 0.2) is 0 Å². The molecular formula is C10H12N2O2. The summed E-state index contributed by atoms with van der Waals surface area (Å²) in [5.41, 5.74) is 0.967. The monoisotopic (exact) mass is 192 g/mol. The van der Waals surface area contributed by atoms with Crippen LogP contribution < -0.4 is 10.1 Å². The van der Waals surface area contributed by atoms with Crippen LogP contribution in [0.25, 0.3) is 0 Å². The number of nitrogens with zero attached hydrogens (tertiary/aromatic N) is 1. The molecule has 2 rings (SSSR count). The quantitative estimate of drug-likeness (QED) is 0.761. The molecule has 74 valence electrons. The molecule has 0 saturated heterocycles. The van der Waals surface area contributed by atoms with Crippen LogP contribution in [0.15, 0.2) is 18.3 Å². The fourth-order valence-corrected chi connectivity index (χ4v) is 1.46. The third-order valence-electron chi connectivity index (χ3n) is 2.22. The largest absolute Gasteiger partial charge is 0.475 e. The van der Waals surface area contributed by atoms with E-state index in [4.69, 9.17) is 4.74 Å². The highest BCUT2D eigenvalue weighted by atomic mass is 16.5. The summed E-state index contributed by atoms with van der Waals surface area (Å²) in [6, 6.07) is 3.74. The van der Waals surface area contributed by atoms with E-state index in [2.05, 4.69) is 10.3 Å². The molecule has 0 aliphatic carbocycles. The van der Waals surface area contributed by atoms with Crippen molar-refractivity contribution in [3.05, 3.63) is 23.9 Å². The van der Waals surface area contributed by atoms with Gasteiger partial charge in [0.2, 0.25) is 11.8 Å². The van der Waals surface area contributed by atoms with E-state index in [1.165, 1.54) is 0 Å². The van der Waals surface area contributed by atoms with Gasteiger partial charge in [-0.1, -0.05) is 6.92 Å². The Bertz CT molecular complexity index is 352. The Balaban J connectivity index is 2.14. The number of ether oxygens (including phenoxy) is 1. The molecule has 4 nitrogen and oxygen atoms in total. The number of hydrogen-bond acceptors (Lipinski definition) is 3. The fourth-order valence-electron chi connectivity index (χ4n) is 1.46. The third-order valence-corrected chi connectivity index (χ3v) is 2.22. The minimum absolute atomic E-state index is 0.0360. The van der Waals surface area contributed by atoms with Crippen LogP contribution in [0.1, 0.15) is 24.9 Å². The van der Waals surface area contributed by atoms with E-state index >= 15 is 0 Å². The van der Waals surface area contributed by atoms with Crippen LogP contribution >= 0.6 is 0 Å². The first-order valence-corrected chi connectivity index (χ1v) is 4.68. The van der Waals surface area contributed by atoms with Crippen molar-refractivity contribution in [3.63, 3.8) is 0 Å². The zero-order valence-electron chi connectivity index (χ0n) is 7.99. The summed E-state index contributed by atoms with van der Waals surface area (Å²) >= 11 is 0. The van der Waals surface area contributed by atoms with Crippen LogP contribution in [0.5, 0.6) is 5.88 Å². The average molecular weight is 192 g/mol. The molecule has 1 aliphatic rings. The first kappa shape index (κ1) is 8.99. The maximum absolute atomic E-state index is 11.2. The molecule has 1 amide bonds. The van der Waals surface area contributed by atoms with Crippen LogP contribution in [0.4, 0.5) is 0 Å². The van der Waals surface area contributed by atoms with E-state index in [0.29, 0.717) is 18.9 Å². The van der Waals surface area contributed by atoms with Gasteiger partial charge in [0.25, 0.3) is 0 Å². The second kappa shape index (κ2) is 3.65. The molecule has 1 aromatic heterocycles. The normalized spacial score (nSPS) is 18.5. The van der Waals surface area contributed by atoms with Crippen molar-refractivity contribution in [1.82, 2.24) is 10.3 Å². The first-order chi connectivity index (χ1) is 6.81. The molecule has 4 heteroatoms. The topological polar surface area (TPSA) is 51.2 Å². The minimum Gasteiger partial charge on any atom is -0.475 e. The summed E-state index contributed by atoms with van der Waals surface area (Å²) in [4.78, 5) is 15.3. The average Bonchev–Trinajstić information content (AvgIpc) is 2.62. The molecule has 0 bridgehead atoms. The lowest BCUT2D eigenvalue weighted by atomic mass is 10.1. The smallest absolute Gasteiger partial charge is 0.220 e. The van der Waals surface area contributed by atoms with E-state index in [1.807, 2.05) is 19.1 Å². The van der Waals surface area contributed by atoms with Gasteiger partial charge in [-0.25, -0.2) is 4.98 Å². The number of carbonyl (C=O) groups is 1. The Morgan fingerprint density at radius 1 is 1.79 bits per heavy atom. The lowest BCUT2D eigenvalue weighted by Crippen LogP contribution is -2.28. The second-order valence-electron chi connectivity index (χ2n) is 3.18. The van der Waals surface area contributed by atoms with Crippen molar-refractivity contribution in [3.8, 4) is 5.88 Å². The lowest BCUT2D eigenvalue weighted by molar-refractivity contribution is -0.121. The minimum atomic E-state index is -0.0360. The predicted molar refractivity (Wildman–Crippen MR) is 50.9 cm³/mol. The highest BCUT2D eigenvalue weighted by Gasteiger charge is 2.25. The van der Waals surface area contributed by atoms with E-state index in [0.717, 1.165) is 5.56 Å². The summed E-state index contributed by atoms with van der Waals surface area (Å²) in [5, 5.41) is 2.88. The first-order valence-electron chi connectivity index (χ1n) is 4.68. The number of nitrogens with one attached hydrogen (secondary N) is 1. The zero-order chi connectivity index (χ0) is 9.97. The maximum Gasteiger partial charge on any atom is 0.220 e. The molecule has 0 aromatic carbocycles. The van der Waals surface area contributed by atoms with Crippen LogP contribution in [-0.4, -0.2) is 17.5 Å². The van der Waals surface area contributed by atoms with E-state index in [-0.39, 0.29) is 11.9 Å². The van der Waals surface area contributed by atoms with Gasteiger partial charge in [-0.05, 0) is 12.1 Å². The number of aromatic nitrogens is 1. The molecule has 0 saturated carbocycles. The molecule has 1 aliphatic heterocycles. The summed E-state index contributed by atoms with van der Waals surface area (Å²) in [6.45, 7) is 2.31. The predicted octanol–water partition coefficient (Wildman–Crippen LogP) is 1.04. The Labute approximate surface area is 82.3 Å². The number of amides is 1. The Morgan fingerprint density at radius 3 is 3.43 bits per heavy atom. The molecule has 1 N–H and O–H groups in total. The summed E-state index contributed by atoms with van der Waals surface area (Å²) < 4.78 is 5.33. The molecule has 0 spiro atoms. The van der Waals surface area contributed by atoms with Gasteiger partial charge in [0, 0.05) is 18.2 Å².